The molecule has 0 N–H and O–H groups in total. The molecule has 0 saturated carbocycles. The number of fused-ring (bicyclic) bond motifs is 1. The van der Waals surface area contributed by atoms with Gasteiger partial charge in [-0.15, -0.1) is 0 Å². The van der Waals surface area contributed by atoms with E-state index in [0.29, 0.717) is 19.6 Å². The molecule has 0 amide bonds. The summed E-state index contributed by atoms with van der Waals surface area (Å²) in [6, 6.07) is 26.2. The van der Waals surface area contributed by atoms with Crippen LogP contribution >= 0.6 is 0 Å². The zero-order valence-electron chi connectivity index (χ0n) is 24.0. The number of aryl methyl sites for hydroxylation is 1. The van der Waals surface area contributed by atoms with E-state index in [1.807, 2.05) is 86.5 Å². The van der Waals surface area contributed by atoms with Gasteiger partial charge in [0.1, 0.15) is 24.4 Å². The molecule has 9 nitrogen and oxygen atoms in total. The van der Waals surface area contributed by atoms with Crippen molar-refractivity contribution in [3.8, 4) is 0 Å². The number of ether oxygens (including phenoxy) is 4. The van der Waals surface area contributed by atoms with Crippen molar-refractivity contribution in [1.82, 2.24) is 5.06 Å². The molecule has 3 saturated heterocycles. The Morgan fingerprint density at radius 2 is 1.55 bits per heavy atom. The van der Waals surface area contributed by atoms with Crippen LogP contribution in [0.15, 0.2) is 89.8 Å². The second-order valence-electron chi connectivity index (χ2n) is 11.5. The van der Waals surface area contributed by atoms with Gasteiger partial charge in [0.2, 0.25) is 0 Å². The van der Waals surface area contributed by atoms with Gasteiger partial charge in [-0.25, -0.2) is 0 Å². The van der Waals surface area contributed by atoms with E-state index in [1.165, 1.54) is 0 Å². The highest BCUT2D eigenvalue weighted by Crippen LogP contribution is 2.43. The third kappa shape index (κ3) is 6.61. The van der Waals surface area contributed by atoms with Gasteiger partial charge in [0.05, 0.1) is 24.2 Å². The van der Waals surface area contributed by atoms with Crippen LogP contribution < -0.4 is 0 Å². The lowest BCUT2D eigenvalue weighted by atomic mass is 9.98. The van der Waals surface area contributed by atoms with Crippen LogP contribution in [0.2, 0.25) is 0 Å². The third-order valence-corrected chi connectivity index (χ3v) is 9.05. The van der Waals surface area contributed by atoms with Gasteiger partial charge in [0.15, 0.2) is 12.1 Å². The molecule has 3 fully saturated rings. The minimum atomic E-state index is -3.95. The van der Waals surface area contributed by atoms with Crippen molar-refractivity contribution in [3.63, 3.8) is 0 Å². The predicted molar refractivity (Wildman–Crippen MR) is 153 cm³/mol. The van der Waals surface area contributed by atoms with Crippen molar-refractivity contribution in [2.45, 2.75) is 87.8 Å². The van der Waals surface area contributed by atoms with Crippen molar-refractivity contribution in [2.75, 3.05) is 6.61 Å². The summed E-state index contributed by atoms with van der Waals surface area (Å²) in [5.41, 5.74) is 3.05. The molecule has 3 aliphatic rings. The monoisotopic (exact) mass is 595 g/mol. The number of rotatable bonds is 10. The Bertz CT molecular complexity index is 1430. The van der Waals surface area contributed by atoms with Gasteiger partial charge in [0.25, 0.3) is 10.1 Å². The fraction of sp³-hybridized carbons (Fsp3) is 0.438. The molecule has 0 aliphatic carbocycles. The second kappa shape index (κ2) is 12.1. The molecule has 6 rings (SSSR count). The Kier molecular flexibility index (Phi) is 8.50. The maximum Gasteiger partial charge on any atom is 0.297 e. The Balaban J connectivity index is 1.22. The summed E-state index contributed by atoms with van der Waals surface area (Å²) in [5.74, 6) is -0.800. The van der Waals surface area contributed by atoms with Crippen LogP contribution in [-0.2, 0) is 51.2 Å². The number of nitrogens with zero attached hydrogens (tertiary/aromatic N) is 1. The first-order valence-electron chi connectivity index (χ1n) is 14.3. The molecule has 3 aromatic carbocycles. The molecule has 3 aromatic rings. The Hall–Kier alpha value is -2.67. The maximum atomic E-state index is 12.9. The zero-order valence-corrected chi connectivity index (χ0v) is 24.8. The van der Waals surface area contributed by atoms with E-state index >= 15 is 0 Å². The van der Waals surface area contributed by atoms with Crippen LogP contribution in [0, 0.1) is 6.92 Å². The fourth-order valence-electron chi connectivity index (χ4n) is 5.72. The number of benzene rings is 3. The van der Waals surface area contributed by atoms with Gasteiger partial charge in [-0.3, -0.25) is 9.02 Å². The van der Waals surface area contributed by atoms with Gasteiger partial charge in [0, 0.05) is 6.54 Å². The summed E-state index contributed by atoms with van der Waals surface area (Å²) in [6.45, 7) is 6.35. The van der Waals surface area contributed by atoms with Crippen LogP contribution in [-0.4, -0.2) is 62.6 Å². The highest BCUT2D eigenvalue weighted by atomic mass is 32.2. The van der Waals surface area contributed by atoms with E-state index in [4.69, 9.17) is 28.0 Å². The summed E-state index contributed by atoms with van der Waals surface area (Å²) in [7, 11) is -3.95. The van der Waals surface area contributed by atoms with Crippen LogP contribution in [0.1, 0.15) is 37.0 Å². The topological polar surface area (TPSA) is 92.8 Å². The standard InChI is InChI=1S/C32H37NO8S/c1-22-14-16-26(17-15-22)42(34,35)37-21-25-18-27(33(41-25)19-23-10-6-4-7-11-23)28-29(36-20-24-12-8-5-9-13-24)30-31(38-28)40-32(2,3)39-30/h4-17,25,27-31H,18-21H2,1-3H3/t25-,27+,28-,29+,30-,31-/m1/s1. The SMILES string of the molecule is Cc1ccc(S(=O)(=O)OC[C@H]2C[C@@H]([C@H]3O[C@@H]4OC(C)(C)O[C@@H]4[C@H]3OCc3ccccc3)N(Cc3ccccc3)O2)cc1. The lowest BCUT2D eigenvalue weighted by Crippen LogP contribution is -2.47. The molecule has 0 bridgehead atoms. The molecule has 6 atom stereocenters. The minimum Gasteiger partial charge on any atom is -0.368 e. The van der Waals surface area contributed by atoms with Crippen LogP contribution in [0.25, 0.3) is 0 Å². The predicted octanol–water partition coefficient (Wildman–Crippen LogP) is 4.74. The van der Waals surface area contributed by atoms with E-state index in [9.17, 15) is 8.42 Å². The Labute approximate surface area is 247 Å². The first kappa shape index (κ1) is 29.4. The Morgan fingerprint density at radius 3 is 2.24 bits per heavy atom. The number of hydroxylamine groups is 2. The number of hydrogen-bond acceptors (Lipinski definition) is 9. The molecule has 0 unspecified atom stereocenters. The van der Waals surface area contributed by atoms with E-state index in [1.54, 1.807) is 24.3 Å². The van der Waals surface area contributed by atoms with Crippen molar-refractivity contribution >= 4 is 10.1 Å². The van der Waals surface area contributed by atoms with Gasteiger partial charge in [-0.05, 0) is 50.5 Å². The molecular formula is C32H37NO8S. The molecule has 42 heavy (non-hydrogen) atoms. The molecule has 10 heteroatoms. The average molecular weight is 596 g/mol. The maximum absolute atomic E-state index is 12.9. The fourth-order valence-corrected chi connectivity index (χ4v) is 6.66. The average Bonchev–Trinajstić information content (AvgIpc) is 3.61. The molecular weight excluding hydrogens is 558 g/mol. The van der Waals surface area contributed by atoms with Gasteiger partial charge >= 0.3 is 0 Å². The molecule has 0 aromatic heterocycles. The van der Waals surface area contributed by atoms with Crippen LogP contribution in [0.5, 0.6) is 0 Å². The highest BCUT2D eigenvalue weighted by molar-refractivity contribution is 7.86. The van der Waals surface area contributed by atoms with E-state index in [2.05, 4.69) is 0 Å². The zero-order chi connectivity index (χ0) is 29.3. The van der Waals surface area contributed by atoms with E-state index in [0.717, 1.165) is 16.7 Å². The molecule has 3 aliphatic heterocycles. The molecule has 0 spiro atoms. The lowest BCUT2D eigenvalue weighted by molar-refractivity contribution is -0.242. The number of hydrogen-bond donors (Lipinski definition) is 0. The van der Waals surface area contributed by atoms with Gasteiger partial charge < -0.3 is 18.9 Å². The summed E-state index contributed by atoms with van der Waals surface area (Å²) in [4.78, 5) is 6.45. The summed E-state index contributed by atoms with van der Waals surface area (Å²) < 4.78 is 56.6. The minimum absolute atomic E-state index is 0.113. The summed E-state index contributed by atoms with van der Waals surface area (Å²) >= 11 is 0. The van der Waals surface area contributed by atoms with Crippen molar-refractivity contribution < 1.29 is 36.4 Å². The molecule has 224 valence electrons. The van der Waals surface area contributed by atoms with Crippen LogP contribution in [0.4, 0.5) is 0 Å². The second-order valence-corrected chi connectivity index (χ2v) is 13.1. The van der Waals surface area contributed by atoms with Gasteiger partial charge in [-0.2, -0.15) is 13.5 Å². The van der Waals surface area contributed by atoms with E-state index in [-0.39, 0.29) is 17.5 Å². The lowest BCUT2D eigenvalue weighted by Gasteiger charge is -2.32. The Morgan fingerprint density at radius 1 is 0.881 bits per heavy atom. The smallest absolute Gasteiger partial charge is 0.297 e. The summed E-state index contributed by atoms with van der Waals surface area (Å²) in [5, 5.41) is 1.86. The van der Waals surface area contributed by atoms with E-state index < -0.39 is 46.6 Å². The molecule has 0 radical (unpaired) electrons. The summed E-state index contributed by atoms with van der Waals surface area (Å²) in [6.07, 6.45) is -1.97. The highest BCUT2D eigenvalue weighted by Gasteiger charge is 2.59. The normalized spacial score (nSPS) is 29.1. The largest absolute Gasteiger partial charge is 0.368 e. The van der Waals surface area contributed by atoms with Crippen LogP contribution in [0.3, 0.4) is 0 Å². The van der Waals surface area contributed by atoms with Crippen molar-refractivity contribution in [2.24, 2.45) is 0 Å². The first-order chi connectivity index (χ1) is 20.2. The quantitative estimate of drug-likeness (QED) is 0.308. The van der Waals surface area contributed by atoms with Crippen molar-refractivity contribution in [3.05, 3.63) is 102 Å². The van der Waals surface area contributed by atoms with Crippen molar-refractivity contribution in [1.29, 1.82) is 0 Å². The third-order valence-electron chi connectivity index (χ3n) is 7.75. The van der Waals surface area contributed by atoms with Gasteiger partial charge in [-0.1, -0.05) is 78.4 Å². The first-order valence-corrected chi connectivity index (χ1v) is 15.7. The molecule has 3 heterocycles.